The minimum Gasteiger partial charge on any atom is -0.868 e. The van der Waals surface area contributed by atoms with Crippen LogP contribution in [0, 0.1) is 17.0 Å². The van der Waals surface area contributed by atoms with E-state index in [0.717, 1.165) is 0 Å². The van der Waals surface area contributed by atoms with Gasteiger partial charge in [0.25, 0.3) is 5.69 Å². The minimum atomic E-state index is -0.706. The van der Waals surface area contributed by atoms with E-state index >= 15 is 0 Å². The molecule has 0 unspecified atom stereocenters. The molecule has 1 aromatic heterocycles. The molecule has 0 amide bonds. The fourth-order valence-corrected chi connectivity index (χ4v) is 3.90. The molecule has 1 atom stereocenters. The van der Waals surface area contributed by atoms with Crippen LogP contribution in [0.2, 0.25) is 0 Å². The first-order chi connectivity index (χ1) is 12.4. The molecule has 0 saturated heterocycles. The van der Waals surface area contributed by atoms with Crippen molar-refractivity contribution in [2.45, 2.75) is 18.6 Å². The van der Waals surface area contributed by atoms with Crippen LogP contribution in [0.3, 0.4) is 0 Å². The Morgan fingerprint density at radius 2 is 2.15 bits per heavy atom. The number of benzene rings is 1. The maximum atomic E-state index is 12.2. The van der Waals surface area contributed by atoms with E-state index in [1.807, 2.05) is 0 Å². The summed E-state index contributed by atoms with van der Waals surface area (Å²) in [5.41, 5.74) is -0.152. The number of thioether (sulfide) groups is 1. The first kappa shape index (κ1) is 18.0. The van der Waals surface area contributed by atoms with Crippen molar-refractivity contribution in [1.29, 1.82) is 0 Å². The quantitative estimate of drug-likeness (QED) is 0.643. The number of aryl methyl sites for hydroxylation is 1. The fraction of sp³-hybridized carbons (Fsp3) is 0.294. The number of rotatable bonds is 3. The van der Waals surface area contributed by atoms with Gasteiger partial charge in [0.05, 0.1) is 10.6 Å². The summed E-state index contributed by atoms with van der Waals surface area (Å²) in [4.78, 5) is 26.8. The van der Waals surface area contributed by atoms with Crippen LogP contribution in [0.25, 0.3) is 0 Å². The molecule has 136 valence electrons. The van der Waals surface area contributed by atoms with Gasteiger partial charge in [0.1, 0.15) is 17.1 Å². The molecular weight excluding hydrogens is 360 g/mol. The van der Waals surface area contributed by atoms with E-state index in [9.17, 15) is 25.1 Å². The third-order valence-electron chi connectivity index (χ3n) is 3.99. The Morgan fingerprint density at radius 3 is 2.85 bits per heavy atom. The van der Waals surface area contributed by atoms with E-state index in [1.165, 1.54) is 30.0 Å². The summed E-state index contributed by atoms with van der Waals surface area (Å²) in [6, 6.07) is 5.34. The molecule has 8 nitrogen and oxygen atoms in total. The SMILES string of the molecule is Cc1cc(O)c(C2=NCCS[C@H](c3ccc([O-])c([N+](=O)[O-])c3)C2)c(=O)o1. The molecule has 26 heavy (non-hydrogen) atoms. The Morgan fingerprint density at radius 1 is 1.38 bits per heavy atom. The molecule has 0 bridgehead atoms. The molecule has 0 aliphatic carbocycles. The van der Waals surface area contributed by atoms with Gasteiger partial charge in [-0.25, -0.2) is 4.79 Å². The molecule has 3 rings (SSSR count). The van der Waals surface area contributed by atoms with Gasteiger partial charge in [-0.05, 0) is 18.2 Å². The molecule has 2 heterocycles. The highest BCUT2D eigenvalue weighted by atomic mass is 32.2. The fourth-order valence-electron chi connectivity index (χ4n) is 2.81. The zero-order valence-electron chi connectivity index (χ0n) is 13.8. The molecule has 0 saturated carbocycles. The van der Waals surface area contributed by atoms with Crippen molar-refractivity contribution >= 4 is 23.2 Å². The first-order valence-corrected chi connectivity index (χ1v) is 8.86. The molecule has 1 aromatic carbocycles. The van der Waals surface area contributed by atoms with Crippen LogP contribution >= 0.6 is 11.8 Å². The number of aromatic hydroxyl groups is 1. The molecule has 1 aliphatic rings. The van der Waals surface area contributed by atoms with Gasteiger partial charge in [0.15, 0.2) is 0 Å². The number of hydrogen-bond donors (Lipinski definition) is 1. The van der Waals surface area contributed by atoms with Gasteiger partial charge < -0.3 is 14.6 Å². The van der Waals surface area contributed by atoms with Gasteiger partial charge in [-0.2, -0.15) is 11.8 Å². The summed E-state index contributed by atoms with van der Waals surface area (Å²) in [5.74, 6) is 0.0733. The number of aliphatic imine (C=N–C) groups is 1. The van der Waals surface area contributed by atoms with Crippen LogP contribution in [0.5, 0.6) is 11.5 Å². The van der Waals surface area contributed by atoms with Crippen molar-refractivity contribution in [3.63, 3.8) is 0 Å². The van der Waals surface area contributed by atoms with Crippen molar-refractivity contribution in [1.82, 2.24) is 0 Å². The van der Waals surface area contributed by atoms with Crippen LogP contribution in [-0.2, 0) is 0 Å². The first-order valence-electron chi connectivity index (χ1n) is 7.81. The van der Waals surface area contributed by atoms with E-state index < -0.39 is 22.0 Å². The van der Waals surface area contributed by atoms with E-state index in [4.69, 9.17) is 4.42 Å². The largest absolute Gasteiger partial charge is 0.868 e. The van der Waals surface area contributed by atoms with Gasteiger partial charge in [0.2, 0.25) is 0 Å². The normalized spacial score (nSPS) is 17.4. The second-order valence-corrected chi connectivity index (χ2v) is 7.09. The standard InChI is InChI=1S/C17H16N2O6S/c1-9-6-14(21)16(17(22)25-9)11-8-15(26-5-4-18-11)10-2-3-13(20)12(7-10)19(23)24/h2-3,6-7,15,20-21H,4-5,8H2,1H3/p-1/t15-/m0/s1. The van der Waals surface area contributed by atoms with E-state index in [1.54, 1.807) is 13.0 Å². The monoisotopic (exact) mass is 375 g/mol. The highest BCUT2D eigenvalue weighted by Gasteiger charge is 2.25. The Bertz CT molecular complexity index is 953. The maximum absolute atomic E-state index is 12.2. The third kappa shape index (κ3) is 3.57. The zero-order valence-corrected chi connectivity index (χ0v) is 14.6. The lowest BCUT2D eigenvalue weighted by atomic mass is 10.0. The molecule has 1 aliphatic heterocycles. The molecule has 0 spiro atoms. The average molecular weight is 375 g/mol. The van der Waals surface area contributed by atoms with E-state index in [0.29, 0.717) is 23.6 Å². The Kier molecular flexibility index (Phi) is 4.99. The Hall–Kier alpha value is -2.81. The summed E-state index contributed by atoms with van der Waals surface area (Å²) < 4.78 is 5.06. The highest BCUT2D eigenvalue weighted by Crippen LogP contribution is 2.38. The number of nitro groups is 1. The van der Waals surface area contributed by atoms with Gasteiger partial charge >= 0.3 is 5.63 Å². The molecule has 1 N–H and O–H groups in total. The third-order valence-corrected chi connectivity index (χ3v) is 5.25. The van der Waals surface area contributed by atoms with Crippen molar-refractivity contribution < 1.29 is 19.6 Å². The van der Waals surface area contributed by atoms with Crippen molar-refractivity contribution in [2.24, 2.45) is 4.99 Å². The van der Waals surface area contributed by atoms with E-state index in [2.05, 4.69) is 4.99 Å². The Labute approximate surface area is 152 Å². The van der Waals surface area contributed by atoms with Crippen LogP contribution < -0.4 is 10.7 Å². The summed E-state index contributed by atoms with van der Waals surface area (Å²) >= 11 is 1.52. The lowest BCUT2D eigenvalue weighted by Gasteiger charge is -2.17. The van der Waals surface area contributed by atoms with Crippen LogP contribution in [-0.4, -0.2) is 28.0 Å². The van der Waals surface area contributed by atoms with Crippen molar-refractivity contribution in [3.8, 4) is 11.5 Å². The number of nitro benzene ring substituents is 1. The lowest BCUT2D eigenvalue weighted by molar-refractivity contribution is -0.398. The summed E-state index contributed by atoms with van der Waals surface area (Å²) in [6.07, 6.45) is 0.279. The molecule has 0 fully saturated rings. The smallest absolute Gasteiger partial charge is 0.348 e. The summed E-state index contributed by atoms with van der Waals surface area (Å²) in [7, 11) is 0. The number of hydrogen-bond acceptors (Lipinski definition) is 8. The van der Waals surface area contributed by atoms with Gasteiger partial charge in [-0.1, -0.05) is 12.1 Å². The zero-order chi connectivity index (χ0) is 18.8. The van der Waals surface area contributed by atoms with Crippen LogP contribution in [0.15, 0.2) is 38.5 Å². The van der Waals surface area contributed by atoms with Gasteiger partial charge in [-0.3, -0.25) is 15.1 Å². The highest BCUT2D eigenvalue weighted by molar-refractivity contribution is 7.99. The van der Waals surface area contributed by atoms with Crippen LogP contribution in [0.1, 0.15) is 28.6 Å². The van der Waals surface area contributed by atoms with Gasteiger partial charge in [-0.15, -0.1) is 0 Å². The maximum Gasteiger partial charge on any atom is 0.348 e. The topological polar surface area (TPSA) is 129 Å². The summed E-state index contributed by atoms with van der Waals surface area (Å²) in [5, 5.41) is 32.5. The number of nitrogens with zero attached hydrogens (tertiary/aromatic N) is 2. The van der Waals surface area contributed by atoms with Crippen molar-refractivity contribution in [3.05, 3.63) is 61.7 Å². The summed E-state index contributed by atoms with van der Waals surface area (Å²) in [6.45, 7) is 1.99. The average Bonchev–Trinajstić information content (AvgIpc) is 2.80. The van der Waals surface area contributed by atoms with Crippen LogP contribution in [0.4, 0.5) is 5.69 Å². The van der Waals surface area contributed by atoms with Gasteiger partial charge in [0, 0.05) is 36.1 Å². The Balaban J connectivity index is 1.98. The predicted molar refractivity (Wildman–Crippen MR) is 95.1 cm³/mol. The second-order valence-electron chi connectivity index (χ2n) is 5.78. The minimum absolute atomic E-state index is 0.0121. The molecular formula is C17H15N2O6S-. The predicted octanol–water partition coefficient (Wildman–Crippen LogP) is 2.30. The lowest BCUT2D eigenvalue weighted by Crippen LogP contribution is -2.17. The molecule has 0 radical (unpaired) electrons. The molecule has 2 aromatic rings. The second kappa shape index (κ2) is 7.20. The van der Waals surface area contributed by atoms with Crippen molar-refractivity contribution in [2.75, 3.05) is 12.3 Å². The molecule has 9 heteroatoms. The van der Waals surface area contributed by atoms with E-state index in [-0.39, 0.29) is 28.7 Å².